The lowest BCUT2D eigenvalue weighted by atomic mass is 10.1. The van der Waals surface area contributed by atoms with Gasteiger partial charge in [0.15, 0.2) is 0 Å². The number of furan rings is 1. The summed E-state index contributed by atoms with van der Waals surface area (Å²) in [5.41, 5.74) is 8.18. The van der Waals surface area contributed by atoms with E-state index in [2.05, 4.69) is 6.07 Å². The van der Waals surface area contributed by atoms with Gasteiger partial charge in [-0.2, -0.15) is 0 Å². The summed E-state index contributed by atoms with van der Waals surface area (Å²) in [5.74, 6) is 0. The Labute approximate surface area is 93.1 Å². The van der Waals surface area contributed by atoms with E-state index in [-0.39, 0.29) is 12.4 Å². The summed E-state index contributed by atoms with van der Waals surface area (Å²) in [6, 6.07) is 13.7. The molecule has 0 unspecified atom stereocenters. The number of nitrogens with two attached hydrogens (primary N) is 1. The Kier molecular flexibility index (Phi) is 2.29. The predicted molar refractivity (Wildman–Crippen MR) is 58.1 cm³/mol. The van der Waals surface area contributed by atoms with Crippen molar-refractivity contribution in [3.8, 4) is 0 Å². The van der Waals surface area contributed by atoms with E-state index in [9.17, 15) is 0 Å². The first-order valence-corrected chi connectivity index (χ1v) is 4.51. The summed E-state index contributed by atoms with van der Waals surface area (Å²) >= 11 is 0. The normalized spacial score (nSPS) is 10.4. The maximum atomic E-state index is 5.69. The first kappa shape index (κ1) is 9.87. The molecule has 2 nitrogen and oxygen atoms in total. The molecule has 0 saturated heterocycles. The summed E-state index contributed by atoms with van der Waals surface area (Å²) in [4.78, 5) is 0. The number of para-hydroxylation sites is 1. The minimum Gasteiger partial charge on any atom is -1.00 e. The fourth-order valence-electron chi connectivity index (χ4n) is 1.74. The Hall–Kier alpha value is -1.67. The van der Waals surface area contributed by atoms with Gasteiger partial charge in [-0.15, -0.1) is 0 Å². The minimum atomic E-state index is 0. The lowest BCUT2D eigenvalue weighted by Gasteiger charge is -1.90. The summed E-state index contributed by atoms with van der Waals surface area (Å²) < 4.78 is 5.65. The van der Waals surface area contributed by atoms with Gasteiger partial charge < -0.3 is 22.6 Å². The molecule has 2 aromatic carbocycles. The zero-order chi connectivity index (χ0) is 9.54. The molecule has 0 aliphatic heterocycles. The molecule has 3 heteroatoms. The highest BCUT2D eigenvalue weighted by Crippen LogP contribution is 2.29. The summed E-state index contributed by atoms with van der Waals surface area (Å²) in [6.45, 7) is 0. The van der Waals surface area contributed by atoms with Crippen molar-refractivity contribution in [2.45, 2.75) is 0 Å². The highest BCUT2D eigenvalue weighted by Gasteiger charge is 2.04. The first-order valence-electron chi connectivity index (χ1n) is 4.51. The number of halogens is 1. The molecule has 0 bridgehead atoms. The largest absolute Gasteiger partial charge is 1.00 e. The second-order valence-corrected chi connectivity index (χ2v) is 3.35. The van der Waals surface area contributed by atoms with Crippen LogP contribution < -0.4 is 18.1 Å². The van der Waals surface area contributed by atoms with Crippen molar-refractivity contribution in [3.05, 3.63) is 42.5 Å². The van der Waals surface area contributed by atoms with Crippen LogP contribution >= 0.6 is 0 Å². The Bertz CT molecular complexity index is 615. The molecule has 76 valence electrons. The second kappa shape index (κ2) is 3.48. The van der Waals surface area contributed by atoms with E-state index in [4.69, 9.17) is 10.2 Å². The van der Waals surface area contributed by atoms with Crippen molar-refractivity contribution in [2.75, 3.05) is 5.73 Å². The third-order valence-corrected chi connectivity index (χ3v) is 2.40. The third kappa shape index (κ3) is 1.43. The van der Waals surface area contributed by atoms with E-state index in [1.165, 1.54) is 0 Å². The topological polar surface area (TPSA) is 39.2 Å². The fraction of sp³-hybridized carbons (Fsp3) is 0. The van der Waals surface area contributed by atoms with Gasteiger partial charge in [0.25, 0.3) is 0 Å². The quantitative estimate of drug-likeness (QED) is 0.547. The Morgan fingerprint density at radius 2 is 1.60 bits per heavy atom. The maximum Gasteiger partial charge on any atom is 0.137 e. The van der Waals surface area contributed by atoms with E-state index < -0.39 is 0 Å². The molecule has 3 aromatic rings. The van der Waals surface area contributed by atoms with E-state index in [1.54, 1.807) is 0 Å². The number of hydrogen-bond donors (Lipinski definition) is 1. The molecule has 0 atom stereocenters. The van der Waals surface area contributed by atoms with Crippen LogP contribution in [-0.2, 0) is 0 Å². The Balaban J connectivity index is 0.000000853. The number of nitrogen functional groups attached to an aromatic ring is 1. The van der Waals surface area contributed by atoms with Crippen molar-refractivity contribution in [3.63, 3.8) is 0 Å². The van der Waals surface area contributed by atoms with Gasteiger partial charge in [0, 0.05) is 22.5 Å². The van der Waals surface area contributed by atoms with Gasteiger partial charge in [-0.25, -0.2) is 0 Å². The lowest BCUT2D eigenvalue weighted by Crippen LogP contribution is -3.00. The van der Waals surface area contributed by atoms with E-state index in [0.717, 1.165) is 27.6 Å². The molecule has 1 heterocycles. The van der Waals surface area contributed by atoms with E-state index >= 15 is 0 Å². The Morgan fingerprint density at radius 1 is 0.867 bits per heavy atom. The number of fused-ring (bicyclic) bond motifs is 3. The molecular formula is C12H9ClNO-. The second-order valence-electron chi connectivity index (χ2n) is 3.35. The van der Waals surface area contributed by atoms with Crippen LogP contribution in [0.15, 0.2) is 46.9 Å². The molecule has 15 heavy (non-hydrogen) atoms. The smallest absolute Gasteiger partial charge is 0.137 e. The van der Waals surface area contributed by atoms with Crippen LogP contribution in [0.25, 0.3) is 21.9 Å². The molecule has 0 radical (unpaired) electrons. The van der Waals surface area contributed by atoms with Crippen molar-refractivity contribution < 1.29 is 16.8 Å². The molecule has 0 amide bonds. The van der Waals surface area contributed by atoms with Gasteiger partial charge in [0.1, 0.15) is 11.2 Å². The molecule has 0 aliphatic carbocycles. The van der Waals surface area contributed by atoms with Crippen LogP contribution in [0, 0.1) is 0 Å². The molecule has 0 saturated carbocycles. The van der Waals surface area contributed by atoms with Crippen LogP contribution in [0.4, 0.5) is 5.69 Å². The number of rotatable bonds is 0. The highest BCUT2D eigenvalue weighted by molar-refractivity contribution is 6.05. The zero-order valence-corrected chi connectivity index (χ0v) is 8.66. The van der Waals surface area contributed by atoms with Crippen LogP contribution in [0.1, 0.15) is 0 Å². The first-order chi connectivity index (χ1) is 6.84. The molecule has 0 aliphatic rings. The average molecular weight is 219 g/mol. The average Bonchev–Trinajstić information content (AvgIpc) is 2.54. The van der Waals surface area contributed by atoms with Gasteiger partial charge in [-0.3, -0.25) is 0 Å². The van der Waals surface area contributed by atoms with Crippen molar-refractivity contribution >= 4 is 27.6 Å². The standard InChI is InChI=1S/C12H9NO.ClH/c13-8-5-6-10-9-3-1-2-4-11(9)14-12(10)7-8;/h1-7H,13H2;1H/p-1. The third-order valence-electron chi connectivity index (χ3n) is 2.40. The molecule has 0 fully saturated rings. The van der Waals surface area contributed by atoms with Gasteiger partial charge >= 0.3 is 0 Å². The Morgan fingerprint density at radius 3 is 2.47 bits per heavy atom. The predicted octanol–water partition coefficient (Wildman–Crippen LogP) is 0.172. The van der Waals surface area contributed by atoms with Crippen LogP contribution in [0.3, 0.4) is 0 Å². The summed E-state index contributed by atoms with van der Waals surface area (Å²) in [7, 11) is 0. The van der Waals surface area contributed by atoms with Gasteiger partial charge in [-0.05, 0) is 18.2 Å². The SMILES string of the molecule is Nc1ccc2c(c1)oc1ccccc12.[Cl-]. The van der Waals surface area contributed by atoms with E-state index in [1.807, 2.05) is 36.4 Å². The van der Waals surface area contributed by atoms with Crippen molar-refractivity contribution in [2.24, 2.45) is 0 Å². The van der Waals surface area contributed by atoms with Crippen molar-refractivity contribution in [1.82, 2.24) is 0 Å². The monoisotopic (exact) mass is 218 g/mol. The van der Waals surface area contributed by atoms with Gasteiger partial charge in [0.2, 0.25) is 0 Å². The van der Waals surface area contributed by atoms with Crippen LogP contribution in [-0.4, -0.2) is 0 Å². The molecular weight excluding hydrogens is 210 g/mol. The number of hydrogen-bond acceptors (Lipinski definition) is 2. The molecule has 0 spiro atoms. The summed E-state index contributed by atoms with van der Waals surface area (Å²) in [6.07, 6.45) is 0. The van der Waals surface area contributed by atoms with E-state index in [0.29, 0.717) is 0 Å². The molecule has 3 rings (SSSR count). The lowest BCUT2D eigenvalue weighted by molar-refractivity contribution is -0.00000321. The van der Waals surface area contributed by atoms with Crippen LogP contribution in [0.2, 0.25) is 0 Å². The maximum absolute atomic E-state index is 5.69. The molecule has 2 N–H and O–H groups in total. The highest BCUT2D eigenvalue weighted by atomic mass is 35.5. The van der Waals surface area contributed by atoms with Crippen molar-refractivity contribution in [1.29, 1.82) is 0 Å². The summed E-state index contributed by atoms with van der Waals surface area (Å²) in [5, 5.41) is 2.26. The zero-order valence-electron chi connectivity index (χ0n) is 7.91. The minimum absolute atomic E-state index is 0. The number of benzene rings is 2. The van der Waals surface area contributed by atoms with Gasteiger partial charge in [0.05, 0.1) is 0 Å². The fourth-order valence-corrected chi connectivity index (χ4v) is 1.74. The van der Waals surface area contributed by atoms with Gasteiger partial charge in [-0.1, -0.05) is 18.2 Å². The molecule has 1 aromatic heterocycles. The van der Waals surface area contributed by atoms with Crippen LogP contribution in [0.5, 0.6) is 0 Å². The number of anilines is 1.